The lowest BCUT2D eigenvalue weighted by molar-refractivity contribution is -0.126. The molecule has 4 nitrogen and oxygen atoms in total. The van der Waals surface area contributed by atoms with Gasteiger partial charge in [0, 0.05) is 25.0 Å². The summed E-state index contributed by atoms with van der Waals surface area (Å²) in [6.07, 6.45) is 8.53. The van der Waals surface area contributed by atoms with Crippen LogP contribution in [0.25, 0.3) is 0 Å². The highest BCUT2D eigenvalue weighted by atomic mass is 16.1. The molecular formula is C23H35N3O. The molecule has 0 bridgehead atoms. The van der Waals surface area contributed by atoms with Crippen LogP contribution in [0.1, 0.15) is 44.1 Å². The third-order valence-electron chi connectivity index (χ3n) is 6.74. The fraction of sp³-hybridized carbons (Fsp3) is 0.696. The van der Waals surface area contributed by atoms with Gasteiger partial charge in [-0.3, -0.25) is 4.79 Å². The Morgan fingerprint density at radius 3 is 2.30 bits per heavy atom. The summed E-state index contributed by atoms with van der Waals surface area (Å²) in [6.45, 7) is 6.86. The van der Waals surface area contributed by atoms with E-state index in [0.29, 0.717) is 0 Å². The van der Waals surface area contributed by atoms with Crippen LogP contribution in [-0.2, 0) is 11.2 Å². The summed E-state index contributed by atoms with van der Waals surface area (Å²) in [5.41, 5.74) is 1.29. The van der Waals surface area contributed by atoms with E-state index in [2.05, 4.69) is 39.4 Å². The molecule has 1 aliphatic carbocycles. The van der Waals surface area contributed by atoms with Crippen LogP contribution in [0.15, 0.2) is 30.3 Å². The largest absolute Gasteiger partial charge is 0.356 e. The van der Waals surface area contributed by atoms with Crippen molar-refractivity contribution in [3.63, 3.8) is 0 Å². The number of hydrogen-bond donors (Lipinski definition) is 1. The highest BCUT2D eigenvalue weighted by molar-refractivity contribution is 5.78. The quantitative estimate of drug-likeness (QED) is 0.803. The third kappa shape index (κ3) is 5.55. The van der Waals surface area contributed by atoms with E-state index in [9.17, 15) is 4.79 Å². The molecule has 1 aromatic rings. The van der Waals surface area contributed by atoms with Gasteiger partial charge in [-0.25, -0.2) is 0 Å². The standard InChI is InChI=1S/C23H35N3O/c27-23(24-13-8-19-4-2-1-3-5-19)21-9-16-26(17-10-21)22-11-14-25(15-12-22)18-20-6-7-20/h1-5,20-22H,6-18H2,(H,24,27). The molecule has 2 heterocycles. The Balaban J connectivity index is 1.13. The first-order valence-corrected chi connectivity index (χ1v) is 11.1. The van der Waals surface area contributed by atoms with Gasteiger partial charge in [-0.05, 0) is 82.6 Å². The van der Waals surface area contributed by atoms with Gasteiger partial charge in [0.15, 0.2) is 0 Å². The number of amides is 1. The summed E-state index contributed by atoms with van der Waals surface area (Å²) < 4.78 is 0. The molecule has 1 amide bonds. The summed E-state index contributed by atoms with van der Waals surface area (Å²) in [5.74, 6) is 1.49. The molecular weight excluding hydrogens is 334 g/mol. The minimum atomic E-state index is 0.215. The molecule has 2 aliphatic heterocycles. The van der Waals surface area contributed by atoms with Crippen LogP contribution in [0.2, 0.25) is 0 Å². The molecule has 0 radical (unpaired) electrons. The highest BCUT2D eigenvalue weighted by Crippen LogP contribution is 2.31. The van der Waals surface area contributed by atoms with Crippen LogP contribution in [0.4, 0.5) is 0 Å². The molecule has 0 aromatic heterocycles. The van der Waals surface area contributed by atoms with Crippen molar-refractivity contribution in [3.05, 3.63) is 35.9 Å². The molecule has 4 heteroatoms. The van der Waals surface area contributed by atoms with Crippen molar-refractivity contribution in [2.75, 3.05) is 39.3 Å². The van der Waals surface area contributed by atoms with E-state index in [1.165, 1.54) is 50.9 Å². The van der Waals surface area contributed by atoms with Crippen molar-refractivity contribution in [1.29, 1.82) is 0 Å². The van der Waals surface area contributed by atoms with Crippen LogP contribution >= 0.6 is 0 Å². The summed E-state index contributed by atoms with van der Waals surface area (Å²) in [5, 5.41) is 3.16. The Morgan fingerprint density at radius 2 is 1.63 bits per heavy atom. The summed E-state index contributed by atoms with van der Waals surface area (Å²) >= 11 is 0. The molecule has 1 saturated carbocycles. The first kappa shape index (κ1) is 18.9. The maximum atomic E-state index is 12.5. The van der Waals surface area contributed by atoms with Gasteiger partial charge < -0.3 is 15.1 Å². The number of carbonyl (C=O) groups excluding carboxylic acids is 1. The van der Waals surface area contributed by atoms with Crippen LogP contribution < -0.4 is 5.32 Å². The molecule has 27 heavy (non-hydrogen) atoms. The SMILES string of the molecule is O=C(NCCc1ccccc1)C1CCN(C2CCN(CC3CC3)CC2)CC1. The minimum Gasteiger partial charge on any atom is -0.356 e. The van der Waals surface area contributed by atoms with E-state index in [4.69, 9.17) is 0 Å². The predicted molar refractivity (Wildman–Crippen MR) is 110 cm³/mol. The summed E-state index contributed by atoms with van der Waals surface area (Å²) in [6, 6.07) is 11.2. The average Bonchev–Trinajstić information content (AvgIpc) is 3.53. The maximum Gasteiger partial charge on any atom is 0.223 e. The topological polar surface area (TPSA) is 35.6 Å². The normalized spacial score (nSPS) is 23.4. The Hall–Kier alpha value is -1.39. The average molecular weight is 370 g/mol. The van der Waals surface area contributed by atoms with Gasteiger partial charge in [-0.2, -0.15) is 0 Å². The molecule has 3 aliphatic rings. The summed E-state index contributed by atoms with van der Waals surface area (Å²) in [7, 11) is 0. The van der Waals surface area contributed by atoms with Gasteiger partial charge in [0.2, 0.25) is 5.91 Å². The molecule has 2 saturated heterocycles. The van der Waals surface area contributed by atoms with Gasteiger partial charge in [0.1, 0.15) is 0 Å². The number of benzene rings is 1. The van der Waals surface area contributed by atoms with Crippen LogP contribution in [0.3, 0.4) is 0 Å². The number of rotatable bonds is 7. The van der Waals surface area contributed by atoms with E-state index in [0.717, 1.165) is 50.9 Å². The van der Waals surface area contributed by atoms with Crippen LogP contribution in [0, 0.1) is 11.8 Å². The van der Waals surface area contributed by atoms with Gasteiger partial charge in [-0.1, -0.05) is 30.3 Å². The van der Waals surface area contributed by atoms with E-state index in [1.807, 2.05) is 6.07 Å². The lowest BCUT2D eigenvalue weighted by Crippen LogP contribution is -2.49. The number of likely N-dealkylation sites (tertiary alicyclic amines) is 2. The Bertz CT molecular complexity index is 585. The number of carbonyl (C=O) groups is 1. The first-order valence-electron chi connectivity index (χ1n) is 11.1. The van der Waals surface area contributed by atoms with E-state index in [1.54, 1.807) is 0 Å². The van der Waals surface area contributed by atoms with Crippen LogP contribution in [0.5, 0.6) is 0 Å². The monoisotopic (exact) mass is 369 g/mol. The number of hydrogen-bond acceptors (Lipinski definition) is 3. The fourth-order valence-corrected chi connectivity index (χ4v) is 4.78. The van der Waals surface area contributed by atoms with E-state index >= 15 is 0 Å². The molecule has 0 unspecified atom stereocenters. The Labute approximate surface area is 164 Å². The zero-order chi connectivity index (χ0) is 18.5. The van der Waals surface area contributed by atoms with E-state index in [-0.39, 0.29) is 11.8 Å². The molecule has 1 N–H and O–H groups in total. The lowest BCUT2D eigenvalue weighted by atomic mass is 9.92. The van der Waals surface area contributed by atoms with Crippen molar-refractivity contribution < 1.29 is 4.79 Å². The zero-order valence-corrected chi connectivity index (χ0v) is 16.6. The van der Waals surface area contributed by atoms with Crippen molar-refractivity contribution >= 4 is 5.91 Å². The molecule has 0 spiro atoms. The summed E-state index contributed by atoms with van der Waals surface area (Å²) in [4.78, 5) is 17.8. The molecule has 3 fully saturated rings. The van der Waals surface area contributed by atoms with Gasteiger partial charge in [0.05, 0.1) is 0 Å². The van der Waals surface area contributed by atoms with Crippen molar-refractivity contribution in [1.82, 2.24) is 15.1 Å². The smallest absolute Gasteiger partial charge is 0.223 e. The van der Waals surface area contributed by atoms with Gasteiger partial charge in [0.25, 0.3) is 0 Å². The molecule has 1 aromatic carbocycles. The second-order valence-electron chi connectivity index (χ2n) is 8.81. The molecule has 4 rings (SSSR count). The Kier molecular flexibility index (Phi) is 6.46. The van der Waals surface area contributed by atoms with Crippen molar-refractivity contribution in [2.45, 2.75) is 51.0 Å². The zero-order valence-electron chi connectivity index (χ0n) is 16.6. The number of nitrogens with zero attached hydrogens (tertiary/aromatic N) is 2. The first-order chi connectivity index (χ1) is 13.3. The minimum absolute atomic E-state index is 0.215. The third-order valence-corrected chi connectivity index (χ3v) is 6.74. The predicted octanol–water partition coefficient (Wildman–Crippen LogP) is 2.93. The van der Waals surface area contributed by atoms with E-state index < -0.39 is 0 Å². The lowest BCUT2D eigenvalue weighted by Gasteiger charge is -2.41. The van der Waals surface area contributed by atoms with Gasteiger partial charge >= 0.3 is 0 Å². The Morgan fingerprint density at radius 1 is 0.926 bits per heavy atom. The number of nitrogens with one attached hydrogen (secondary N) is 1. The second-order valence-corrected chi connectivity index (χ2v) is 8.81. The van der Waals surface area contributed by atoms with Crippen molar-refractivity contribution in [3.8, 4) is 0 Å². The highest BCUT2D eigenvalue weighted by Gasteiger charge is 2.32. The van der Waals surface area contributed by atoms with Crippen molar-refractivity contribution in [2.24, 2.45) is 11.8 Å². The molecule has 0 atom stereocenters. The van der Waals surface area contributed by atoms with Crippen LogP contribution in [-0.4, -0.2) is 61.0 Å². The maximum absolute atomic E-state index is 12.5. The molecule has 148 valence electrons. The fourth-order valence-electron chi connectivity index (χ4n) is 4.78. The second kappa shape index (κ2) is 9.20. The van der Waals surface area contributed by atoms with Gasteiger partial charge in [-0.15, -0.1) is 0 Å². The number of piperidine rings is 2.